The van der Waals surface area contributed by atoms with Crippen molar-refractivity contribution >= 4 is 21.8 Å². The van der Waals surface area contributed by atoms with Crippen LogP contribution in [-0.2, 0) is 25.8 Å². The van der Waals surface area contributed by atoms with E-state index in [1.807, 2.05) is 53.7 Å². The van der Waals surface area contributed by atoms with E-state index in [0.717, 1.165) is 23.5 Å². The topological polar surface area (TPSA) is 98.6 Å². The Kier molecular flexibility index (Phi) is 19.8. The van der Waals surface area contributed by atoms with E-state index in [1.54, 1.807) is 12.3 Å². The molecule has 0 bridgehead atoms. The van der Waals surface area contributed by atoms with Gasteiger partial charge in [0.25, 0.3) is 0 Å². The first-order chi connectivity index (χ1) is 18.1. The van der Waals surface area contributed by atoms with Crippen molar-refractivity contribution in [2.75, 3.05) is 13.7 Å². The Bertz CT molecular complexity index is 1180. The van der Waals surface area contributed by atoms with Crippen molar-refractivity contribution in [3.8, 4) is 0 Å². The van der Waals surface area contributed by atoms with E-state index in [9.17, 15) is 22.0 Å². The third-order valence-electron chi connectivity index (χ3n) is 4.28. The van der Waals surface area contributed by atoms with Gasteiger partial charge in [-0.15, -0.1) is 0 Å². The van der Waals surface area contributed by atoms with Crippen LogP contribution in [-0.4, -0.2) is 44.0 Å². The van der Waals surface area contributed by atoms with E-state index < -0.39 is 20.6 Å². The molecule has 0 spiro atoms. The van der Waals surface area contributed by atoms with Gasteiger partial charge < -0.3 is 4.74 Å². The largest absolute Gasteiger partial charge is 0.493 e. The van der Waals surface area contributed by atoms with Crippen LogP contribution in [0.3, 0.4) is 0 Å². The minimum Gasteiger partial charge on any atom is -0.493 e. The standard InChI is InChI=1S/C12H12F2N2O2S.C12H15NO2.2C2H6/c1-3-12-15-7-11(8-16-12)19(17,18)9(2)6-10(14)4-5-13;1-9-8-13-6-4-5-11(9)7-12(15-3)10(2)14;2*1-2/h4-8H,2-3H2,1H3;4-5,7-8H,6H2,1-3H3;2*1-2H3/b5-4+,10-6+;12-7-;;. The highest BCUT2D eigenvalue weighted by atomic mass is 32.2. The number of Topliss-reactive ketones (excluding diaryl/α,β-unsaturated/α-hetero) is 1. The Morgan fingerprint density at radius 2 is 1.76 bits per heavy atom. The monoisotopic (exact) mass is 551 g/mol. The number of aryl methyl sites for hydroxylation is 1. The lowest BCUT2D eigenvalue weighted by Gasteiger charge is -2.03. The smallest absolute Gasteiger partial charge is 0.209 e. The van der Waals surface area contributed by atoms with Crippen LogP contribution in [0.1, 0.15) is 54.3 Å². The van der Waals surface area contributed by atoms with E-state index in [4.69, 9.17) is 4.74 Å². The third-order valence-corrected chi connectivity index (χ3v) is 5.92. The van der Waals surface area contributed by atoms with Gasteiger partial charge in [0.05, 0.1) is 24.9 Å². The highest BCUT2D eigenvalue weighted by Gasteiger charge is 2.18. The predicted octanol–water partition coefficient (Wildman–Crippen LogP) is 6.78. The summed E-state index contributed by atoms with van der Waals surface area (Å²) in [6.45, 7) is 17.2. The molecule has 0 aliphatic carbocycles. The van der Waals surface area contributed by atoms with Gasteiger partial charge in [-0.1, -0.05) is 53.3 Å². The number of ether oxygens (including phenoxy) is 1. The Labute approximate surface area is 226 Å². The van der Waals surface area contributed by atoms with Gasteiger partial charge in [-0.25, -0.2) is 27.2 Å². The number of hydrogen-bond donors (Lipinski definition) is 0. The van der Waals surface area contributed by atoms with Crippen molar-refractivity contribution in [1.29, 1.82) is 0 Å². The molecular formula is C28H39F2N3O4S. The maximum atomic E-state index is 13.0. The summed E-state index contributed by atoms with van der Waals surface area (Å²) in [6.07, 6.45) is 11.3. The molecule has 0 saturated heterocycles. The van der Waals surface area contributed by atoms with Crippen molar-refractivity contribution in [1.82, 2.24) is 9.97 Å². The van der Waals surface area contributed by atoms with Crippen LogP contribution in [0.25, 0.3) is 0 Å². The third kappa shape index (κ3) is 13.1. The van der Waals surface area contributed by atoms with Crippen molar-refractivity contribution < 1.29 is 26.7 Å². The molecule has 1 aliphatic heterocycles. The molecule has 0 fully saturated rings. The van der Waals surface area contributed by atoms with Gasteiger partial charge in [0.2, 0.25) is 9.84 Å². The van der Waals surface area contributed by atoms with Crippen molar-refractivity contribution in [3.05, 3.63) is 89.1 Å². The molecule has 0 atom stereocenters. The number of rotatable bonds is 8. The molecular weight excluding hydrogens is 512 g/mol. The average molecular weight is 552 g/mol. The quantitative estimate of drug-likeness (QED) is 0.201. The fraction of sp³-hybridized carbons (Fsp3) is 0.357. The van der Waals surface area contributed by atoms with Crippen LogP contribution in [0.4, 0.5) is 8.78 Å². The summed E-state index contributed by atoms with van der Waals surface area (Å²) < 4.78 is 53.7. The van der Waals surface area contributed by atoms with Gasteiger partial charge in [0, 0.05) is 38.0 Å². The number of aliphatic imine (C=N–C) groups is 1. The maximum absolute atomic E-state index is 13.0. The first-order valence-electron chi connectivity index (χ1n) is 12.1. The lowest BCUT2D eigenvalue weighted by atomic mass is 10.1. The molecule has 1 aliphatic rings. The summed E-state index contributed by atoms with van der Waals surface area (Å²) in [5.41, 5.74) is 1.99. The van der Waals surface area contributed by atoms with Crippen LogP contribution < -0.4 is 0 Å². The maximum Gasteiger partial charge on any atom is 0.209 e. The molecule has 38 heavy (non-hydrogen) atoms. The summed E-state index contributed by atoms with van der Waals surface area (Å²) in [5, 5.41) is 0. The van der Waals surface area contributed by atoms with Gasteiger partial charge in [-0.2, -0.15) is 0 Å². The Morgan fingerprint density at radius 1 is 1.18 bits per heavy atom. The lowest BCUT2D eigenvalue weighted by Crippen LogP contribution is -2.05. The number of carbonyl (C=O) groups excluding carboxylic acids is 1. The normalized spacial score (nSPS) is 13.3. The molecule has 2 heterocycles. The number of hydrogen-bond acceptors (Lipinski definition) is 7. The Morgan fingerprint density at radius 3 is 2.24 bits per heavy atom. The molecule has 0 saturated carbocycles. The van der Waals surface area contributed by atoms with Crippen LogP contribution in [0.15, 0.2) is 93.2 Å². The zero-order valence-corrected chi connectivity index (χ0v) is 24.3. The highest BCUT2D eigenvalue weighted by molar-refractivity contribution is 7.95. The molecule has 210 valence electrons. The summed E-state index contributed by atoms with van der Waals surface area (Å²) in [7, 11) is -2.47. The fourth-order valence-corrected chi connectivity index (χ4v) is 3.35. The number of nitrogens with zero attached hydrogens (tertiary/aromatic N) is 3. The average Bonchev–Trinajstić information content (AvgIpc) is 3.13. The Balaban J connectivity index is 0. The summed E-state index contributed by atoms with van der Waals surface area (Å²) in [5.74, 6) is -0.273. The summed E-state index contributed by atoms with van der Waals surface area (Å²) in [4.78, 5) is 22.3. The molecule has 10 heteroatoms. The van der Waals surface area contributed by atoms with Gasteiger partial charge in [-0.3, -0.25) is 9.79 Å². The number of carbonyl (C=O) groups is 1. The zero-order chi connectivity index (χ0) is 29.7. The molecule has 2 rings (SSSR count). The van der Waals surface area contributed by atoms with Gasteiger partial charge in [0.1, 0.15) is 16.5 Å². The first-order valence-corrected chi connectivity index (χ1v) is 13.6. The fourth-order valence-electron chi connectivity index (χ4n) is 2.40. The Hall–Kier alpha value is -3.53. The number of halogens is 2. The van der Waals surface area contributed by atoms with E-state index in [-0.39, 0.29) is 17.0 Å². The molecule has 0 amide bonds. The van der Waals surface area contributed by atoms with E-state index >= 15 is 0 Å². The van der Waals surface area contributed by atoms with Gasteiger partial charge in [0.15, 0.2) is 11.5 Å². The molecule has 0 N–H and O–H groups in total. The van der Waals surface area contributed by atoms with E-state index in [2.05, 4.69) is 21.5 Å². The van der Waals surface area contributed by atoms with Gasteiger partial charge in [-0.05, 0) is 30.2 Å². The van der Waals surface area contributed by atoms with Crippen molar-refractivity contribution in [3.63, 3.8) is 0 Å². The number of aromatic nitrogens is 2. The molecule has 7 nitrogen and oxygen atoms in total. The van der Waals surface area contributed by atoms with Crippen molar-refractivity contribution in [2.24, 2.45) is 4.99 Å². The molecule has 1 aromatic rings. The number of allylic oxidation sites excluding steroid dienone is 8. The molecule has 0 unspecified atom stereocenters. The van der Waals surface area contributed by atoms with Gasteiger partial charge >= 0.3 is 0 Å². The molecule has 1 aromatic heterocycles. The lowest BCUT2D eigenvalue weighted by molar-refractivity contribution is -0.116. The second-order valence-electron chi connectivity index (χ2n) is 6.78. The van der Waals surface area contributed by atoms with E-state index in [0.29, 0.717) is 36.7 Å². The minimum atomic E-state index is -3.97. The summed E-state index contributed by atoms with van der Waals surface area (Å²) >= 11 is 0. The number of ketones is 1. The first kappa shape index (κ1) is 36.6. The van der Waals surface area contributed by atoms with Crippen LogP contribution in [0.2, 0.25) is 0 Å². The van der Waals surface area contributed by atoms with Crippen LogP contribution >= 0.6 is 0 Å². The number of sulfone groups is 1. The summed E-state index contributed by atoms with van der Waals surface area (Å²) in [6, 6.07) is 0. The second-order valence-corrected chi connectivity index (χ2v) is 8.79. The SMILES string of the molecule is C=C(/C=C(F)\C=C\F)S(=O)(=O)c1cnc(CC)nc1.CC.CC.CO/C(=C\C1=C(C)C=NCC=C1)C(C)=O. The molecule has 0 radical (unpaired) electrons. The minimum absolute atomic E-state index is 0.0368. The zero-order valence-electron chi connectivity index (χ0n) is 23.5. The van der Waals surface area contributed by atoms with Crippen LogP contribution in [0.5, 0.6) is 0 Å². The van der Waals surface area contributed by atoms with Crippen LogP contribution in [0, 0.1) is 0 Å². The van der Waals surface area contributed by atoms with Crippen molar-refractivity contribution in [2.45, 2.75) is 59.8 Å². The highest BCUT2D eigenvalue weighted by Crippen LogP contribution is 2.19. The molecule has 0 aromatic carbocycles. The predicted molar refractivity (Wildman–Crippen MR) is 151 cm³/mol. The second kappa shape index (κ2) is 20.5. The number of methoxy groups -OCH3 is 1. The van der Waals surface area contributed by atoms with E-state index in [1.165, 1.54) is 14.0 Å².